The van der Waals surface area contributed by atoms with E-state index in [0.29, 0.717) is 48.9 Å². The molecule has 0 bridgehead atoms. The molecular formula is C24H28N4O3. The van der Waals surface area contributed by atoms with Crippen LogP contribution in [0.3, 0.4) is 0 Å². The fourth-order valence-corrected chi connectivity index (χ4v) is 4.23. The summed E-state index contributed by atoms with van der Waals surface area (Å²) in [5.74, 6) is 0.242. The summed E-state index contributed by atoms with van der Waals surface area (Å²) in [4.78, 5) is 31.7. The first-order valence-corrected chi connectivity index (χ1v) is 10.6. The lowest BCUT2D eigenvalue weighted by molar-refractivity contribution is -0.136. The van der Waals surface area contributed by atoms with Gasteiger partial charge in [0.1, 0.15) is 0 Å². The van der Waals surface area contributed by atoms with E-state index in [-0.39, 0.29) is 23.9 Å². The third-order valence-corrected chi connectivity index (χ3v) is 6.21. The molecule has 1 aromatic heterocycles. The number of amides is 1. The van der Waals surface area contributed by atoms with Gasteiger partial charge in [-0.2, -0.15) is 0 Å². The number of nitrogen functional groups attached to an aromatic ring is 1. The highest BCUT2D eigenvalue weighted by Gasteiger charge is 2.35. The molecular weight excluding hydrogens is 392 g/mol. The Morgan fingerprint density at radius 3 is 2.61 bits per heavy atom. The average molecular weight is 421 g/mol. The molecule has 7 heteroatoms. The number of carbonyl (C=O) groups excluding carboxylic acids is 1. The standard InChI is InChI=1S/C24H28N4O3/c1-17(18-5-3-2-4-6-18)13-22(29)27-11-9-24(31,10-12-27)15-28-16-26-21-14-19(25)7-8-20(21)23(28)30/h2-8,14,16-17,31H,9-13,15,25H2,1H3/t17-/m1/s1. The maximum atomic E-state index is 12.8. The number of nitrogens with two attached hydrogens (primary N) is 1. The van der Waals surface area contributed by atoms with E-state index in [2.05, 4.69) is 11.9 Å². The maximum Gasteiger partial charge on any atom is 0.261 e. The van der Waals surface area contributed by atoms with Crippen molar-refractivity contribution in [2.24, 2.45) is 0 Å². The summed E-state index contributed by atoms with van der Waals surface area (Å²) < 4.78 is 1.45. The van der Waals surface area contributed by atoms with E-state index in [1.165, 1.54) is 10.9 Å². The van der Waals surface area contributed by atoms with Gasteiger partial charge in [-0.3, -0.25) is 14.2 Å². The summed E-state index contributed by atoms with van der Waals surface area (Å²) >= 11 is 0. The van der Waals surface area contributed by atoms with Crippen molar-refractivity contribution in [3.05, 3.63) is 70.8 Å². The second-order valence-electron chi connectivity index (χ2n) is 8.58. The number of piperidine rings is 1. The number of carbonyl (C=O) groups is 1. The number of hydrogen-bond acceptors (Lipinski definition) is 5. The lowest BCUT2D eigenvalue weighted by atomic mass is 9.90. The molecule has 2 aromatic carbocycles. The summed E-state index contributed by atoms with van der Waals surface area (Å²) in [6.07, 6.45) is 2.75. The highest BCUT2D eigenvalue weighted by atomic mass is 16.3. The summed E-state index contributed by atoms with van der Waals surface area (Å²) in [6.45, 7) is 3.16. The third-order valence-electron chi connectivity index (χ3n) is 6.21. The van der Waals surface area contributed by atoms with Gasteiger partial charge in [0.15, 0.2) is 0 Å². The van der Waals surface area contributed by atoms with Gasteiger partial charge in [-0.15, -0.1) is 0 Å². The van der Waals surface area contributed by atoms with Crippen LogP contribution in [0.5, 0.6) is 0 Å². The highest BCUT2D eigenvalue weighted by Crippen LogP contribution is 2.26. The Hall–Kier alpha value is -3.19. The van der Waals surface area contributed by atoms with Crippen molar-refractivity contribution in [1.82, 2.24) is 14.5 Å². The van der Waals surface area contributed by atoms with Crippen LogP contribution in [0.2, 0.25) is 0 Å². The molecule has 0 radical (unpaired) electrons. The van der Waals surface area contributed by atoms with Gasteiger partial charge in [0.25, 0.3) is 5.56 Å². The lowest BCUT2D eigenvalue weighted by Crippen LogP contribution is -2.49. The molecule has 1 saturated heterocycles. The molecule has 1 aliphatic rings. The number of rotatable bonds is 5. The number of aromatic nitrogens is 2. The van der Waals surface area contributed by atoms with Crippen molar-refractivity contribution in [2.75, 3.05) is 18.8 Å². The first-order valence-electron chi connectivity index (χ1n) is 10.6. The van der Waals surface area contributed by atoms with E-state index in [0.717, 1.165) is 5.56 Å². The normalized spacial score (nSPS) is 16.9. The van der Waals surface area contributed by atoms with E-state index < -0.39 is 5.60 Å². The number of aliphatic hydroxyl groups is 1. The van der Waals surface area contributed by atoms with Gasteiger partial charge in [-0.05, 0) is 42.5 Å². The molecule has 4 rings (SSSR count). The molecule has 1 fully saturated rings. The fraction of sp³-hybridized carbons (Fsp3) is 0.375. The van der Waals surface area contributed by atoms with E-state index in [9.17, 15) is 14.7 Å². The molecule has 1 aliphatic heterocycles. The smallest absolute Gasteiger partial charge is 0.261 e. The molecule has 0 saturated carbocycles. The molecule has 162 valence electrons. The Labute approximate surface area is 181 Å². The van der Waals surface area contributed by atoms with Crippen molar-refractivity contribution in [2.45, 2.75) is 44.2 Å². The predicted molar refractivity (Wildman–Crippen MR) is 121 cm³/mol. The van der Waals surface area contributed by atoms with Gasteiger partial charge in [0.05, 0.1) is 29.4 Å². The summed E-state index contributed by atoms with van der Waals surface area (Å²) in [5.41, 5.74) is 6.76. The Morgan fingerprint density at radius 2 is 1.90 bits per heavy atom. The molecule has 7 nitrogen and oxygen atoms in total. The molecule has 0 aliphatic carbocycles. The second-order valence-corrected chi connectivity index (χ2v) is 8.58. The summed E-state index contributed by atoms with van der Waals surface area (Å²) in [6, 6.07) is 15.0. The van der Waals surface area contributed by atoms with Gasteiger partial charge in [0, 0.05) is 25.2 Å². The minimum Gasteiger partial charge on any atom is -0.399 e. The van der Waals surface area contributed by atoms with Crippen LogP contribution in [0, 0.1) is 0 Å². The number of benzene rings is 2. The Balaban J connectivity index is 1.39. The molecule has 0 unspecified atom stereocenters. The topological polar surface area (TPSA) is 101 Å². The Morgan fingerprint density at radius 1 is 1.19 bits per heavy atom. The first-order chi connectivity index (χ1) is 14.8. The molecule has 31 heavy (non-hydrogen) atoms. The molecule has 2 heterocycles. The minimum absolute atomic E-state index is 0.0977. The average Bonchev–Trinajstić information content (AvgIpc) is 2.76. The van der Waals surface area contributed by atoms with Crippen LogP contribution in [0.1, 0.15) is 37.7 Å². The van der Waals surface area contributed by atoms with E-state index in [1.807, 2.05) is 35.2 Å². The highest BCUT2D eigenvalue weighted by molar-refractivity contribution is 5.80. The SMILES string of the molecule is C[C@H](CC(=O)N1CCC(O)(Cn2cnc3cc(N)ccc3c2=O)CC1)c1ccccc1. The van der Waals surface area contributed by atoms with Gasteiger partial charge in [0.2, 0.25) is 5.91 Å². The van der Waals surface area contributed by atoms with Crippen LogP contribution in [0.25, 0.3) is 10.9 Å². The van der Waals surface area contributed by atoms with Gasteiger partial charge < -0.3 is 15.7 Å². The zero-order valence-electron chi connectivity index (χ0n) is 17.7. The number of likely N-dealkylation sites (tertiary alicyclic amines) is 1. The Bertz CT molecular complexity index is 1130. The van der Waals surface area contributed by atoms with Crippen LogP contribution >= 0.6 is 0 Å². The molecule has 3 aromatic rings. The minimum atomic E-state index is -1.05. The van der Waals surface area contributed by atoms with Crippen molar-refractivity contribution < 1.29 is 9.90 Å². The summed E-state index contributed by atoms with van der Waals surface area (Å²) in [5, 5.41) is 11.6. The van der Waals surface area contributed by atoms with Crippen LogP contribution < -0.4 is 11.3 Å². The van der Waals surface area contributed by atoms with Crippen LogP contribution in [0.15, 0.2) is 59.7 Å². The number of fused-ring (bicyclic) bond motifs is 1. The van der Waals surface area contributed by atoms with Gasteiger partial charge >= 0.3 is 0 Å². The fourth-order valence-electron chi connectivity index (χ4n) is 4.23. The molecule has 1 atom stereocenters. The second kappa shape index (κ2) is 8.51. The van der Waals surface area contributed by atoms with Crippen molar-refractivity contribution in [1.29, 1.82) is 0 Å². The van der Waals surface area contributed by atoms with Crippen LogP contribution in [-0.2, 0) is 11.3 Å². The molecule has 1 amide bonds. The van der Waals surface area contributed by atoms with Crippen LogP contribution in [-0.4, -0.2) is 44.2 Å². The zero-order chi connectivity index (χ0) is 22.0. The van der Waals surface area contributed by atoms with Gasteiger partial charge in [-0.1, -0.05) is 37.3 Å². The zero-order valence-corrected chi connectivity index (χ0v) is 17.7. The van der Waals surface area contributed by atoms with Gasteiger partial charge in [-0.25, -0.2) is 4.98 Å². The third kappa shape index (κ3) is 4.61. The van der Waals surface area contributed by atoms with E-state index in [4.69, 9.17) is 5.73 Å². The number of hydrogen-bond donors (Lipinski definition) is 2. The first kappa shape index (κ1) is 21.1. The van der Waals surface area contributed by atoms with E-state index in [1.54, 1.807) is 18.2 Å². The maximum absolute atomic E-state index is 12.8. The van der Waals surface area contributed by atoms with Crippen LogP contribution in [0.4, 0.5) is 5.69 Å². The summed E-state index contributed by atoms with van der Waals surface area (Å²) in [7, 11) is 0. The van der Waals surface area contributed by atoms with Crippen molar-refractivity contribution in [3.8, 4) is 0 Å². The molecule has 0 spiro atoms. The number of nitrogens with zero attached hydrogens (tertiary/aromatic N) is 3. The largest absolute Gasteiger partial charge is 0.399 e. The monoisotopic (exact) mass is 420 g/mol. The quantitative estimate of drug-likeness (QED) is 0.618. The van der Waals surface area contributed by atoms with Crippen molar-refractivity contribution in [3.63, 3.8) is 0 Å². The van der Waals surface area contributed by atoms with E-state index >= 15 is 0 Å². The lowest BCUT2D eigenvalue weighted by Gasteiger charge is -2.38. The predicted octanol–water partition coefficient (Wildman–Crippen LogP) is 2.53. The Kier molecular flexibility index (Phi) is 5.78. The number of anilines is 1. The van der Waals surface area contributed by atoms with Crippen molar-refractivity contribution >= 4 is 22.5 Å². The molecule has 3 N–H and O–H groups in total.